The van der Waals surface area contributed by atoms with Crippen LogP contribution in [0.3, 0.4) is 0 Å². The maximum Gasteiger partial charge on any atom is 0.268 e. The molecule has 0 aliphatic rings. The van der Waals surface area contributed by atoms with Crippen LogP contribution in [0.25, 0.3) is 0 Å². The van der Waals surface area contributed by atoms with Crippen LogP contribution in [-0.2, 0) is 18.4 Å². The number of phosphoric ester groups is 1. The summed E-state index contributed by atoms with van der Waals surface area (Å²) < 4.78 is 23.1. The summed E-state index contributed by atoms with van der Waals surface area (Å²) in [7, 11) is 1.24. The average Bonchev–Trinajstić information content (AvgIpc) is 3.09. The van der Waals surface area contributed by atoms with Gasteiger partial charge in [-0.25, -0.2) is 0 Å². The monoisotopic (exact) mass is 755 g/mol. The van der Waals surface area contributed by atoms with Crippen molar-refractivity contribution in [1.29, 1.82) is 0 Å². The number of hydrogen-bond donors (Lipinski definition) is 2. The van der Waals surface area contributed by atoms with E-state index in [-0.39, 0.29) is 12.5 Å². The highest BCUT2D eigenvalue weighted by atomic mass is 31.2. The molecule has 0 bridgehead atoms. The lowest BCUT2D eigenvalue weighted by molar-refractivity contribution is -0.870. The molecule has 306 valence electrons. The first-order chi connectivity index (χ1) is 25.0. The fourth-order valence-electron chi connectivity index (χ4n) is 5.87. The van der Waals surface area contributed by atoms with E-state index in [0.29, 0.717) is 17.4 Å². The average molecular weight is 755 g/mol. The lowest BCUT2D eigenvalue weighted by Crippen LogP contribution is -2.45. The largest absolute Gasteiger partial charge is 0.756 e. The summed E-state index contributed by atoms with van der Waals surface area (Å²) in [4.78, 5) is 25.2. The van der Waals surface area contributed by atoms with Gasteiger partial charge in [0.05, 0.1) is 39.9 Å². The Morgan fingerprint density at radius 1 is 0.654 bits per heavy atom. The van der Waals surface area contributed by atoms with Crippen molar-refractivity contribution >= 4 is 13.7 Å². The van der Waals surface area contributed by atoms with Crippen molar-refractivity contribution < 1.29 is 32.9 Å². The van der Waals surface area contributed by atoms with Crippen molar-refractivity contribution in [3.05, 3.63) is 36.5 Å². The van der Waals surface area contributed by atoms with E-state index in [1.165, 1.54) is 122 Å². The molecule has 52 heavy (non-hydrogen) atoms. The van der Waals surface area contributed by atoms with E-state index in [4.69, 9.17) is 9.05 Å². The summed E-state index contributed by atoms with van der Waals surface area (Å²) in [6.07, 6.45) is 41.9. The molecule has 0 saturated heterocycles. The van der Waals surface area contributed by atoms with Gasteiger partial charge in [0.15, 0.2) is 0 Å². The van der Waals surface area contributed by atoms with Crippen LogP contribution in [0.1, 0.15) is 181 Å². The number of allylic oxidation sites excluding steroid dienone is 5. The fraction of sp³-hybridized carbons (Fsp3) is 0.837. The number of quaternary nitrogens is 1. The second kappa shape index (κ2) is 35.4. The first-order valence-electron chi connectivity index (χ1n) is 21.4. The van der Waals surface area contributed by atoms with Gasteiger partial charge in [0, 0.05) is 6.42 Å². The number of unbranched alkanes of at least 4 members (excludes halogenated alkanes) is 21. The Morgan fingerprint density at radius 2 is 1.08 bits per heavy atom. The summed E-state index contributed by atoms with van der Waals surface area (Å²) >= 11 is 0. The third kappa shape index (κ3) is 37.1. The first-order valence-corrected chi connectivity index (χ1v) is 22.8. The van der Waals surface area contributed by atoms with Crippen molar-refractivity contribution in [2.75, 3.05) is 40.9 Å². The number of aliphatic hydroxyl groups is 1. The summed E-state index contributed by atoms with van der Waals surface area (Å²) in [5.74, 6) is -0.214. The van der Waals surface area contributed by atoms with E-state index in [2.05, 4.69) is 43.5 Å². The van der Waals surface area contributed by atoms with E-state index in [1.54, 1.807) is 6.08 Å². The number of carbonyl (C=O) groups excluding carboxylic acids is 1. The molecule has 0 heterocycles. The van der Waals surface area contributed by atoms with Gasteiger partial charge < -0.3 is 28.8 Å². The van der Waals surface area contributed by atoms with Crippen LogP contribution in [0.5, 0.6) is 0 Å². The quantitative estimate of drug-likeness (QED) is 0.0281. The van der Waals surface area contributed by atoms with Gasteiger partial charge in [-0.05, 0) is 57.8 Å². The molecular weight excluding hydrogens is 671 g/mol. The third-order valence-electron chi connectivity index (χ3n) is 9.32. The molecule has 0 spiro atoms. The highest BCUT2D eigenvalue weighted by Gasteiger charge is 2.23. The summed E-state index contributed by atoms with van der Waals surface area (Å²) in [6, 6.07) is -0.902. The fourth-order valence-corrected chi connectivity index (χ4v) is 6.59. The van der Waals surface area contributed by atoms with E-state index in [0.717, 1.165) is 38.5 Å². The van der Waals surface area contributed by atoms with Crippen LogP contribution < -0.4 is 10.2 Å². The van der Waals surface area contributed by atoms with Gasteiger partial charge in [-0.1, -0.05) is 153 Å². The van der Waals surface area contributed by atoms with Gasteiger partial charge in [-0.2, -0.15) is 0 Å². The Kier molecular flexibility index (Phi) is 34.6. The molecule has 0 rings (SSSR count). The lowest BCUT2D eigenvalue weighted by atomic mass is 10.1. The number of rotatable bonds is 38. The van der Waals surface area contributed by atoms with E-state index in [9.17, 15) is 19.4 Å². The lowest BCUT2D eigenvalue weighted by Gasteiger charge is -2.29. The number of nitrogens with one attached hydrogen (secondary N) is 1. The van der Waals surface area contributed by atoms with E-state index >= 15 is 0 Å². The molecule has 0 saturated carbocycles. The number of nitrogens with zero attached hydrogens (tertiary/aromatic N) is 1. The molecule has 1 amide bonds. The Bertz CT molecular complexity index is 948. The van der Waals surface area contributed by atoms with Crippen molar-refractivity contribution in [1.82, 2.24) is 5.32 Å². The Balaban J connectivity index is 4.41. The van der Waals surface area contributed by atoms with Gasteiger partial charge in [0.1, 0.15) is 13.2 Å². The molecule has 8 nitrogen and oxygen atoms in total. The molecule has 2 N–H and O–H groups in total. The maximum atomic E-state index is 12.8. The molecule has 0 aromatic heterocycles. The topological polar surface area (TPSA) is 108 Å². The van der Waals surface area contributed by atoms with Crippen molar-refractivity contribution in [3.63, 3.8) is 0 Å². The minimum atomic E-state index is -4.59. The highest BCUT2D eigenvalue weighted by molar-refractivity contribution is 7.45. The zero-order chi connectivity index (χ0) is 38.6. The smallest absolute Gasteiger partial charge is 0.268 e. The molecule has 0 aliphatic heterocycles. The predicted octanol–water partition coefficient (Wildman–Crippen LogP) is 10.9. The van der Waals surface area contributed by atoms with Crippen molar-refractivity contribution in [2.45, 2.75) is 193 Å². The van der Waals surface area contributed by atoms with Crippen LogP contribution in [0.4, 0.5) is 0 Å². The molecular formula is C43H83N2O6P. The third-order valence-corrected chi connectivity index (χ3v) is 10.3. The van der Waals surface area contributed by atoms with Crippen LogP contribution in [0.15, 0.2) is 36.5 Å². The normalized spacial score (nSPS) is 14.8. The second-order valence-corrected chi connectivity index (χ2v) is 17.1. The van der Waals surface area contributed by atoms with Crippen molar-refractivity contribution in [3.8, 4) is 0 Å². The van der Waals surface area contributed by atoms with Gasteiger partial charge in [-0.3, -0.25) is 9.36 Å². The number of amides is 1. The number of phosphoric acid groups is 1. The number of likely N-dealkylation sites (N-methyl/N-ethyl adjacent to an activating group) is 1. The minimum Gasteiger partial charge on any atom is -0.756 e. The zero-order valence-corrected chi connectivity index (χ0v) is 35.4. The van der Waals surface area contributed by atoms with Gasteiger partial charge in [0.25, 0.3) is 7.82 Å². The molecule has 9 heteroatoms. The molecule has 0 radical (unpaired) electrons. The van der Waals surface area contributed by atoms with E-state index < -0.39 is 26.6 Å². The van der Waals surface area contributed by atoms with Crippen LogP contribution in [0, 0.1) is 0 Å². The Labute approximate surface area is 321 Å². The zero-order valence-electron chi connectivity index (χ0n) is 34.5. The number of carbonyl (C=O) groups is 1. The Hall–Kier alpha value is -1.28. The predicted molar refractivity (Wildman–Crippen MR) is 219 cm³/mol. The van der Waals surface area contributed by atoms with Crippen molar-refractivity contribution in [2.24, 2.45) is 0 Å². The van der Waals surface area contributed by atoms with Gasteiger partial charge >= 0.3 is 0 Å². The minimum absolute atomic E-state index is 0.00747. The molecule has 3 unspecified atom stereocenters. The molecule has 0 aromatic rings. The van der Waals surface area contributed by atoms with Crippen LogP contribution >= 0.6 is 7.82 Å². The molecule has 0 aromatic carbocycles. The summed E-state index contributed by atoms with van der Waals surface area (Å²) in [5.41, 5.74) is 0. The Morgan fingerprint density at radius 3 is 1.56 bits per heavy atom. The van der Waals surface area contributed by atoms with E-state index in [1.807, 2.05) is 27.2 Å². The first kappa shape index (κ1) is 50.7. The summed E-state index contributed by atoms with van der Waals surface area (Å²) in [5, 5.41) is 13.7. The second-order valence-electron chi connectivity index (χ2n) is 15.7. The molecule has 0 fully saturated rings. The van der Waals surface area contributed by atoms with Gasteiger partial charge in [0.2, 0.25) is 5.91 Å². The van der Waals surface area contributed by atoms with Gasteiger partial charge in [-0.15, -0.1) is 0 Å². The number of aliphatic hydroxyl groups excluding tert-OH is 1. The molecule has 0 aliphatic carbocycles. The van der Waals surface area contributed by atoms with Crippen LogP contribution in [-0.4, -0.2) is 68.5 Å². The standard InChI is InChI=1S/C43H83N2O6P/c1-6-8-10-12-14-16-18-19-20-21-22-23-24-25-27-29-31-33-35-37-43(47)44-41(40-51-52(48,49)50-39-38-45(3,4)5)42(46)36-34-32-30-28-26-17-15-13-11-9-7-2/h21-22,26,28,34,36,41-42,46H,6-20,23-25,27,29-33,35,37-40H2,1-5H3,(H-,44,47,48,49)/b22-21-,28-26+,36-34+. The molecule has 3 atom stereocenters. The van der Waals surface area contributed by atoms with Crippen LogP contribution in [0.2, 0.25) is 0 Å². The SMILES string of the molecule is CCCCCCC/C=C/CC/C=C/C(O)C(COP(=O)([O-])OCC[N+](C)(C)C)NC(=O)CCCCCCCCC/C=C\CCCCCCCCCC. The summed E-state index contributed by atoms with van der Waals surface area (Å²) in [6.45, 7) is 4.58. The highest BCUT2D eigenvalue weighted by Crippen LogP contribution is 2.38. The maximum absolute atomic E-state index is 12.8. The number of hydrogen-bond acceptors (Lipinski definition) is 6.